The van der Waals surface area contributed by atoms with Crippen LogP contribution in [-0.4, -0.2) is 53.4 Å². The molecule has 1 aromatic carbocycles. The summed E-state index contributed by atoms with van der Waals surface area (Å²) in [5.74, 6) is 1.12. The number of ketones is 1. The number of aromatic amines is 1. The summed E-state index contributed by atoms with van der Waals surface area (Å²) in [4.78, 5) is 25.0. The molecule has 0 spiro atoms. The van der Waals surface area contributed by atoms with Crippen LogP contribution in [0.2, 0.25) is 5.02 Å². The number of aromatic nitrogens is 2. The maximum absolute atomic E-state index is 12.9. The minimum atomic E-state index is 0.179. The molecule has 1 aliphatic rings. The second-order valence-corrected chi connectivity index (χ2v) is 7.13. The molecule has 2 aromatic heterocycles. The first-order chi connectivity index (χ1) is 12.6. The molecule has 3 heterocycles. The van der Waals surface area contributed by atoms with Gasteiger partial charge in [0, 0.05) is 54.5 Å². The largest absolute Gasteiger partial charge is 0.358 e. The lowest BCUT2D eigenvalue weighted by atomic mass is 10.1. The van der Waals surface area contributed by atoms with Crippen molar-refractivity contribution in [3.8, 4) is 0 Å². The van der Waals surface area contributed by atoms with Gasteiger partial charge in [-0.05, 0) is 25.1 Å². The minimum absolute atomic E-state index is 0.179. The summed E-state index contributed by atoms with van der Waals surface area (Å²) in [6, 6.07) is 11.8. The molecule has 5 nitrogen and oxygen atoms in total. The van der Waals surface area contributed by atoms with Crippen LogP contribution in [0, 0.1) is 6.92 Å². The molecule has 1 fully saturated rings. The molecular formula is C20H21ClN4O. The number of piperazine rings is 1. The summed E-state index contributed by atoms with van der Waals surface area (Å²) in [6.07, 6.45) is 1.67. The van der Waals surface area contributed by atoms with Crippen LogP contribution < -0.4 is 4.90 Å². The number of aryl methyl sites for hydroxylation is 1. The lowest BCUT2D eigenvalue weighted by molar-refractivity contribution is 0.0927. The predicted molar refractivity (Wildman–Crippen MR) is 105 cm³/mol. The number of nitrogens with zero attached hydrogens (tertiary/aromatic N) is 3. The molecule has 0 amide bonds. The van der Waals surface area contributed by atoms with Gasteiger partial charge < -0.3 is 9.88 Å². The SMILES string of the molecule is Cc1[nH]c2ccccc2c1C(=O)CN1CCN(c2ccc(Cl)cn2)CC1. The number of carbonyl (C=O) groups excluding carboxylic acids is 1. The fraction of sp³-hybridized carbons (Fsp3) is 0.300. The van der Waals surface area contributed by atoms with Gasteiger partial charge in [0.1, 0.15) is 5.82 Å². The Morgan fingerprint density at radius 2 is 1.92 bits per heavy atom. The lowest BCUT2D eigenvalue weighted by Crippen LogP contribution is -2.48. The van der Waals surface area contributed by atoms with E-state index in [9.17, 15) is 4.79 Å². The van der Waals surface area contributed by atoms with Crippen LogP contribution in [0.3, 0.4) is 0 Å². The van der Waals surface area contributed by atoms with Crippen LogP contribution >= 0.6 is 11.6 Å². The quantitative estimate of drug-likeness (QED) is 0.716. The van der Waals surface area contributed by atoms with E-state index in [1.54, 1.807) is 6.20 Å². The normalized spacial score (nSPS) is 15.5. The highest BCUT2D eigenvalue weighted by molar-refractivity contribution is 6.30. The number of H-pyrrole nitrogens is 1. The average Bonchev–Trinajstić information content (AvgIpc) is 2.99. The van der Waals surface area contributed by atoms with Gasteiger partial charge in [-0.15, -0.1) is 0 Å². The number of fused-ring (bicyclic) bond motifs is 1. The van der Waals surface area contributed by atoms with Crippen molar-refractivity contribution in [3.05, 3.63) is 58.9 Å². The topological polar surface area (TPSA) is 52.2 Å². The maximum Gasteiger partial charge on any atom is 0.179 e. The van der Waals surface area contributed by atoms with Gasteiger partial charge in [-0.3, -0.25) is 9.69 Å². The fourth-order valence-electron chi connectivity index (χ4n) is 3.61. The summed E-state index contributed by atoms with van der Waals surface area (Å²) in [5, 5.41) is 1.66. The second-order valence-electron chi connectivity index (χ2n) is 6.69. The predicted octanol–water partition coefficient (Wildman–Crippen LogP) is 3.53. The standard InChI is InChI=1S/C20H21ClN4O/c1-14-20(16-4-2-3-5-17(16)23-14)18(26)13-24-8-10-25(11-9-24)19-7-6-15(21)12-22-19/h2-7,12,23H,8-11,13H2,1H3. The Morgan fingerprint density at radius 3 is 2.65 bits per heavy atom. The number of nitrogens with one attached hydrogen (secondary N) is 1. The van der Waals surface area contributed by atoms with Crippen LogP contribution in [0.5, 0.6) is 0 Å². The zero-order valence-corrected chi connectivity index (χ0v) is 15.5. The zero-order valence-electron chi connectivity index (χ0n) is 14.7. The van der Waals surface area contributed by atoms with Gasteiger partial charge in [0.25, 0.3) is 0 Å². The lowest BCUT2D eigenvalue weighted by Gasteiger charge is -2.35. The molecular weight excluding hydrogens is 348 g/mol. The number of pyridine rings is 1. The number of halogens is 1. The molecule has 1 aliphatic heterocycles. The van der Waals surface area contributed by atoms with Gasteiger partial charge in [0.2, 0.25) is 0 Å². The molecule has 1 saturated heterocycles. The van der Waals surface area contributed by atoms with E-state index in [1.165, 1.54) is 0 Å². The summed E-state index contributed by atoms with van der Waals surface area (Å²) in [6.45, 7) is 5.82. The van der Waals surface area contributed by atoms with E-state index in [0.29, 0.717) is 11.6 Å². The van der Waals surface area contributed by atoms with Crippen molar-refractivity contribution in [2.45, 2.75) is 6.92 Å². The third kappa shape index (κ3) is 3.32. The van der Waals surface area contributed by atoms with Crippen LogP contribution in [0.15, 0.2) is 42.6 Å². The number of carbonyl (C=O) groups is 1. The molecule has 0 unspecified atom stereocenters. The number of rotatable bonds is 4. The molecule has 0 bridgehead atoms. The number of anilines is 1. The second kappa shape index (κ2) is 7.09. The number of hydrogen-bond acceptors (Lipinski definition) is 4. The van der Waals surface area contributed by atoms with Crippen LogP contribution in [0.1, 0.15) is 16.1 Å². The van der Waals surface area contributed by atoms with E-state index in [-0.39, 0.29) is 5.78 Å². The molecule has 1 N–H and O–H groups in total. The van der Waals surface area contributed by atoms with Crippen molar-refractivity contribution in [2.24, 2.45) is 0 Å². The Bertz CT molecular complexity index is 927. The van der Waals surface area contributed by atoms with Gasteiger partial charge in [-0.1, -0.05) is 29.8 Å². The smallest absolute Gasteiger partial charge is 0.179 e. The van der Waals surface area contributed by atoms with Crippen molar-refractivity contribution in [2.75, 3.05) is 37.6 Å². The Hall–Kier alpha value is -2.37. The van der Waals surface area contributed by atoms with Crippen molar-refractivity contribution in [1.82, 2.24) is 14.9 Å². The Labute approximate surface area is 157 Å². The molecule has 4 rings (SSSR count). The maximum atomic E-state index is 12.9. The summed E-state index contributed by atoms with van der Waals surface area (Å²) in [5.41, 5.74) is 2.79. The number of Topliss-reactive ketones (excluding diaryl/α,β-unsaturated/α-hetero) is 1. The highest BCUT2D eigenvalue weighted by Gasteiger charge is 2.22. The van der Waals surface area contributed by atoms with Gasteiger partial charge >= 0.3 is 0 Å². The molecule has 0 atom stereocenters. The van der Waals surface area contributed by atoms with E-state index < -0.39 is 0 Å². The molecule has 134 valence electrons. The number of benzene rings is 1. The van der Waals surface area contributed by atoms with Gasteiger partial charge in [0.05, 0.1) is 11.6 Å². The molecule has 26 heavy (non-hydrogen) atoms. The highest BCUT2D eigenvalue weighted by atomic mass is 35.5. The molecule has 0 saturated carbocycles. The van der Waals surface area contributed by atoms with Crippen molar-refractivity contribution < 1.29 is 4.79 Å². The zero-order chi connectivity index (χ0) is 18.1. The van der Waals surface area contributed by atoms with Gasteiger partial charge in [0.15, 0.2) is 5.78 Å². The van der Waals surface area contributed by atoms with E-state index in [4.69, 9.17) is 11.6 Å². The minimum Gasteiger partial charge on any atom is -0.358 e. The third-order valence-corrected chi connectivity index (χ3v) is 5.17. The first kappa shape index (κ1) is 17.1. The number of hydrogen-bond donors (Lipinski definition) is 1. The van der Waals surface area contributed by atoms with Crippen molar-refractivity contribution >= 4 is 34.1 Å². The summed E-state index contributed by atoms with van der Waals surface area (Å²) in [7, 11) is 0. The molecule has 3 aromatic rings. The Kier molecular flexibility index (Phi) is 4.66. The van der Waals surface area contributed by atoms with Gasteiger partial charge in [-0.2, -0.15) is 0 Å². The highest BCUT2D eigenvalue weighted by Crippen LogP contribution is 2.23. The monoisotopic (exact) mass is 368 g/mol. The Morgan fingerprint density at radius 1 is 1.15 bits per heavy atom. The summed E-state index contributed by atoms with van der Waals surface area (Å²) >= 11 is 5.90. The van der Waals surface area contributed by atoms with Crippen molar-refractivity contribution in [1.29, 1.82) is 0 Å². The average molecular weight is 369 g/mol. The van der Waals surface area contributed by atoms with Crippen LogP contribution in [-0.2, 0) is 0 Å². The number of para-hydroxylation sites is 1. The van der Waals surface area contributed by atoms with Crippen LogP contribution in [0.4, 0.5) is 5.82 Å². The first-order valence-corrected chi connectivity index (χ1v) is 9.19. The van der Waals surface area contributed by atoms with E-state index in [0.717, 1.165) is 54.2 Å². The van der Waals surface area contributed by atoms with Crippen molar-refractivity contribution in [3.63, 3.8) is 0 Å². The first-order valence-electron chi connectivity index (χ1n) is 8.81. The fourth-order valence-corrected chi connectivity index (χ4v) is 3.72. The molecule has 0 aliphatic carbocycles. The van der Waals surface area contributed by atoms with E-state index >= 15 is 0 Å². The summed E-state index contributed by atoms with van der Waals surface area (Å²) < 4.78 is 0. The molecule has 6 heteroatoms. The van der Waals surface area contributed by atoms with E-state index in [1.807, 2.05) is 43.3 Å². The Balaban J connectivity index is 1.41. The van der Waals surface area contributed by atoms with Crippen LogP contribution in [0.25, 0.3) is 10.9 Å². The molecule has 0 radical (unpaired) electrons. The van der Waals surface area contributed by atoms with E-state index in [2.05, 4.69) is 19.8 Å². The third-order valence-electron chi connectivity index (χ3n) is 4.95. The van der Waals surface area contributed by atoms with Gasteiger partial charge in [-0.25, -0.2) is 4.98 Å².